The first-order valence-corrected chi connectivity index (χ1v) is 16.0. The van der Waals surface area contributed by atoms with Crippen LogP contribution in [0.15, 0.2) is 124 Å². The van der Waals surface area contributed by atoms with Crippen LogP contribution >= 0.6 is 31.9 Å². The summed E-state index contributed by atoms with van der Waals surface area (Å²) in [7, 11) is -3.93. The van der Waals surface area contributed by atoms with Gasteiger partial charge >= 0.3 is 7.25 Å². The fourth-order valence-corrected chi connectivity index (χ4v) is 5.32. The van der Waals surface area contributed by atoms with E-state index in [9.17, 15) is 17.3 Å². The molecule has 5 rings (SSSR count). The Bertz CT molecular complexity index is 1780. The maximum atomic E-state index is 9.75. The van der Waals surface area contributed by atoms with Crippen molar-refractivity contribution in [1.29, 1.82) is 5.26 Å². The van der Waals surface area contributed by atoms with Crippen LogP contribution in [-0.4, -0.2) is 20.8 Å². The van der Waals surface area contributed by atoms with Crippen LogP contribution in [0.2, 0.25) is 0 Å². The first kappa shape index (κ1) is 34.7. The Labute approximate surface area is 283 Å². The van der Waals surface area contributed by atoms with Gasteiger partial charge in [0.2, 0.25) is 17.1 Å². The molecule has 1 aromatic heterocycles. The fourth-order valence-electron chi connectivity index (χ4n) is 4.79. The minimum Gasteiger partial charge on any atom is -0.418 e. The fraction of sp³-hybridized carbons (Fsp3) is 0.111. The number of anilines is 1. The van der Waals surface area contributed by atoms with Gasteiger partial charge in [-0.1, -0.05) is 74.3 Å². The van der Waals surface area contributed by atoms with Crippen LogP contribution < -0.4 is 9.47 Å². The van der Waals surface area contributed by atoms with Crippen molar-refractivity contribution in [2.45, 2.75) is 12.8 Å². The van der Waals surface area contributed by atoms with Crippen molar-refractivity contribution in [1.82, 2.24) is 0 Å². The Morgan fingerprint density at radius 1 is 0.739 bits per heavy atom. The second-order valence-corrected chi connectivity index (χ2v) is 12.2. The monoisotopic (exact) mass is 749 g/mol. The van der Waals surface area contributed by atoms with Crippen molar-refractivity contribution in [2.75, 3.05) is 18.5 Å². The number of rotatable bonds is 9. The third-order valence-electron chi connectivity index (χ3n) is 6.99. The van der Waals surface area contributed by atoms with Gasteiger partial charge in [-0.25, -0.2) is 0 Å². The van der Waals surface area contributed by atoms with E-state index in [1.807, 2.05) is 6.07 Å². The quantitative estimate of drug-likeness (QED) is 0.0650. The van der Waals surface area contributed by atoms with E-state index in [0.717, 1.165) is 66.9 Å². The lowest BCUT2D eigenvalue weighted by Crippen LogP contribution is -2.37. The number of nitriles is 1. The Morgan fingerprint density at radius 3 is 1.87 bits per heavy atom. The highest BCUT2D eigenvalue weighted by molar-refractivity contribution is 9.10. The standard InChI is InChI=1S/C36H30Br2N3.BF4/c1-40(24-6-5-23-39)33-20-9-27(10-21-33)11-22-35-25-30(28-12-16-31(37)17-13-28)26-36(29-14-18-32(38)19-15-29)41(35)34-7-3-2-4-8-34;2-1(3,4)5/h2-4,7-22,25-26H,5-6,24H2,1H3;/q+1;-1. The average Bonchev–Trinajstić information content (AvgIpc) is 3.04. The third kappa shape index (κ3) is 10.4. The van der Waals surface area contributed by atoms with E-state index in [2.05, 4.69) is 176 Å². The molecule has 5 aromatic rings. The molecule has 0 N–H and O–H groups in total. The summed E-state index contributed by atoms with van der Waals surface area (Å²) in [5.74, 6) is 0. The number of aromatic nitrogens is 1. The van der Waals surface area contributed by atoms with Crippen LogP contribution in [0.3, 0.4) is 0 Å². The molecule has 0 atom stereocenters. The molecule has 0 bridgehead atoms. The summed E-state index contributed by atoms with van der Waals surface area (Å²) in [5.41, 5.74) is 9.00. The maximum Gasteiger partial charge on any atom is 0.673 e. The van der Waals surface area contributed by atoms with Gasteiger partial charge in [-0.15, -0.1) is 0 Å². The van der Waals surface area contributed by atoms with Gasteiger partial charge in [0.1, 0.15) is 0 Å². The summed E-state index contributed by atoms with van der Waals surface area (Å²) in [5, 5.41) is 8.84. The molecule has 0 spiro atoms. The van der Waals surface area contributed by atoms with Crippen LogP contribution in [0.5, 0.6) is 0 Å². The molecule has 0 unspecified atom stereocenters. The van der Waals surface area contributed by atoms with Crippen molar-refractivity contribution in [3.8, 4) is 34.1 Å². The van der Waals surface area contributed by atoms with Gasteiger partial charge in [0.15, 0.2) is 0 Å². The van der Waals surface area contributed by atoms with E-state index < -0.39 is 7.25 Å². The molecule has 0 aliphatic heterocycles. The van der Waals surface area contributed by atoms with Crippen molar-refractivity contribution < 1.29 is 21.8 Å². The zero-order valence-corrected chi connectivity index (χ0v) is 28.1. The number of hydrogen-bond donors (Lipinski definition) is 0. The van der Waals surface area contributed by atoms with E-state index in [1.165, 1.54) is 0 Å². The Morgan fingerprint density at radius 2 is 1.30 bits per heavy atom. The molecule has 10 heteroatoms. The van der Waals surface area contributed by atoms with Gasteiger partial charge in [0, 0.05) is 70.6 Å². The zero-order chi connectivity index (χ0) is 33.1. The lowest BCUT2D eigenvalue weighted by atomic mass is 10.0. The van der Waals surface area contributed by atoms with Crippen molar-refractivity contribution in [2.24, 2.45) is 0 Å². The van der Waals surface area contributed by atoms with Gasteiger partial charge in [0.05, 0.1) is 6.07 Å². The number of pyridine rings is 1. The van der Waals surface area contributed by atoms with Crippen molar-refractivity contribution in [3.63, 3.8) is 0 Å². The van der Waals surface area contributed by atoms with E-state index in [-0.39, 0.29) is 0 Å². The second-order valence-electron chi connectivity index (χ2n) is 10.3. The Kier molecular flexibility index (Phi) is 12.4. The summed E-state index contributed by atoms with van der Waals surface area (Å²) in [6, 6.07) is 42.8. The number of para-hydroxylation sites is 1. The summed E-state index contributed by atoms with van der Waals surface area (Å²) in [6.07, 6.45) is 5.81. The normalized spacial score (nSPS) is 11.1. The first-order valence-electron chi connectivity index (χ1n) is 14.4. The van der Waals surface area contributed by atoms with Crippen LogP contribution in [0.4, 0.5) is 23.0 Å². The minimum atomic E-state index is -6.00. The molecule has 0 saturated heterocycles. The van der Waals surface area contributed by atoms with E-state index in [4.69, 9.17) is 5.26 Å². The first-order chi connectivity index (χ1) is 22.0. The molecule has 1 heterocycles. The van der Waals surface area contributed by atoms with Crippen molar-refractivity contribution >= 4 is 57.0 Å². The maximum absolute atomic E-state index is 9.75. The molecule has 234 valence electrons. The summed E-state index contributed by atoms with van der Waals surface area (Å²) in [6.45, 7) is 0.863. The molecular weight excluding hydrogens is 721 g/mol. The number of unbranched alkanes of at least 4 members (excludes halogenated alkanes) is 1. The third-order valence-corrected chi connectivity index (χ3v) is 8.05. The van der Waals surface area contributed by atoms with Crippen LogP contribution in [0, 0.1) is 11.3 Å². The van der Waals surface area contributed by atoms with Gasteiger partial charge in [0.25, 0.3) is 0 Å². The highest BCUT2D eigenvalue weighted by Crippen LogP contribution is 2.29. The minimum absolute atomic E-state index is 0.578. The second kappa shape index (κ2) is 16.4. The number of hydrogen-bond acceptors (Lipinski definition) is 2. The van der Waals surface area contributed by atoms with Gasteiger partial charge < -0.3 is 22.2 Å². The molecule has 0 fully saturated rings. The number of halogens is 6. The Balaban J connectivity index is 0.000000892. The van der Waals surface area contributed by atoms with Gasteiger partial charge in [-0.3, -0.25) is 0 Å². The van der Waals surface area contributed by atoms with E-state index in [1.54, 1.807) is 0 Å². The molecule has 0 aliphatic carbocycles. The number of benzene rings is 4. The predicted octanol–water partition coefficient (Wildman–Crippen LogP) is 11.0. The van der Waals surface area contributed by atoms with Crippen molar-refractivity contribution in [3.05, 3.63) is 135 Å². The van der Waals surface area contributed by atoms with Gasteiger partial charge in [-0.05, 0) is 77.7 Å². The molecule has 46 heavy (non-hydrogen) atoms. The SMILES string of the molecule is CN(CCCC#N)c1ccc(/C=C/c2cc(-c3ccc(Br)cc3)cc(-c3ccc(Br)cc3)[n+]2-c2ccccc2)cc1.F[B-](F)(F)F. The Hall–Kier alpha value is -4.20. The predicted molar refractivity (Wildman–Crippen MR) is 188 cm³/mol. The summed E-state index contributed by atoms with van der Waals surface area (Å²) < 4.78 is 43.4. The van der Waals surface area contributed by atoms with E-state index >= 15 is 0 Å². The molecule has 0 radical (unpaired) electrons. The summed E-state index contributed by atoms with van der Waals surface area (Å²) in [4.78, 5) is 2.19. The average molecular weight is 751 g/mol. The molecule has 0 aliphatic rings. The highest BCUT2D eigenvalue weighted by atomic mass is 79.9. The van der Waals surface area contributed by atoms with Crippen LogP contribution in [-0.2, 0) is 0 Å². The molecular formula is C36H30BBr2F4N3. The zero-order valence-electron chi connectivity index (χ0n) is 24.9. The molecule has 3 nitrogen and oxygen atoms in total. The van der Waals surface area contributed by atoms with Gasteiger partial charge in [-0.2, -0.15) is 9.83 Å². The molecule has 0 saturated carbocycles. The summed E-state index contributed by atoms with van der Waals surface area (Å²) >= 11 is 7.17. The largest absolute Gasteiger partial charge is 0.673 e. The lowest BCUT2D eigenvalue weighted by molar-refractivity contribution is -0.585. The smallest absolute Gasteiger partial charge is 0.418 e. The highest BCUT2D eigenvalue weighted by Gasteiger charge is 2.22. The van der Waals surface area contributed by atoms with Crippen LogP contribution in [0.1, 0.15) is 24.1 Å². The number of nitrogens with zero attached hydrogens (tertiary/aromatic N) is 3. The van der Waals surface area contributed by atoms with E-state index in [0.29, 0.717) is 6.42 Å². The van der Waals surface area contributed by atoms with Crippen LogP contribution in [0.25, 0.3) is 40.2 Å². The topological polar surface area (TPSA) is 30.9 Å². The molecule has 4 aromatic carbocycles. The molecule has 0 amide bonds. The lowest BCUT2D eigenvalue weighted by Gasteiger charge is -2.18.